The Morgan fingerprint density at radius 1 is 0.875 bits per heavy atom. The van der Waals surface area contributed by atoms with Crippen LogP contribution in [0.15, 0.2) is 11.3 Å². The van der Waals surface area contributed by atoms with Crippen molar-refractivity contribution in [3.05, 3.63) is 11.3 Å². The van der Waals surface area contributed by atoms with Gasteiger partial charge in [-0.15, -0.1) is 0 Å². The van der Waals surface area contributed by atoms with Crippen LogP contribution >= 0.6 is 0 Å². The smallest absolute Gasteiger partial charge is 0.335 e. The van der Waals surface area contributed by atoms with Crippen LogP contribution in [-0.4, -0.2) is 133 Å². The summed E-state index contributed by atoms with van der Waals surface area (Å²) in [6.07, 6.45) is -11.7. The zero-order valence-electron chi connectivity index (χ0n) is 33.4. The molecule has 6 rings (SSSR count). The number of hydrogen-bond acceptors (Lipinski definition) is 14. The molecule has 318 valence electrons. The van der Waals surface area contributed by atoms with Gasteiger partial charge < -0.3 is 59.8 Å². The van der Waals surface area contributed by atoms with Crippen LogP contribution in [0.2, 0.25) is 0 Å². The predicted molar refractivity (Wildman–Crippen MR) is 196 cm³/mol. The molecule has 3 saturated carbocycles. The molecular weight excluding hydrogens is 732 g/mol. The molecule has 0 amide bonds. The molecule has 15 nitrogen and oxygen atoms in total. The minimum absolute atomic E-state index is 0.0486. The molecule has 15 heteroatoms. The fourth-order valence-corrected chi connectivity index (χ4v) is 12.1. The molecule has 56 heavy (non-hydrogen) atoms. The number of carbonyl (C=O) groups is 3. The molecule has 6 aliphatic rings. The molecule has 0 spiro atoms. The van der Waals surface area contributed by atoms with Gasteiger partial charge in [-0.05, 0) is 91.9 Å². The summed E-state index contributed by atoms with van der Waals surface area (Å²) in [6.45, 7) is 11.7. The van der Waals surface area contributed by atoms with Crippen molar-refractivity contribution in [1.82, 2.24) is 0 Å². The van der Waals surface area contributed by atoms with E-state index in [1.54, 1.807) is 0 Å². The average Bonchev–Trinajstić information content (AvgIpc) is 3.35. The minimum Gasteiger partial charge on any atom is -0.504 e. The Kier molecular flexibility index (Phi) is 12.9. The Labute approximate surface area is 328 Å². The fraction of sp³-hybridized carbons (Fsp3) is 0.878. The SMILES string of the molecule is CC[C@@H](C(=O)C[C@@H](C)C1=C(O)C(=O)[C@@H]2[C@@H]3CC[C@H]4C[C@@H](O[C@@H]5O[C@H](C(=O)O)[C@@H](O)[C@H](O)[C@H]5O[C@H]5O[C@H](CO)[C@@H](O)[C@H](O)[C@H]5O)CC[C@]4(C)[C@H]3CC[C@]12C)C(C)C. The van der Waals surface area contributed by atoms with Gasteiger partial charge in [-0.2, -0.15) is 0 Å². The molecule has 19 atom stereocenters. The Bertz CT molecular complexity index is 1500. The number of carboxylic acids is 1. The molecule has 2 saturated heterocycles. The number of Topliss-reactive ketones (excluding diaryl/α,β-unsaturated/α-hetero) is 2. The normalized spacial score (nSPS) is 46.5. The Hall–Kier alpha value is -2.05. The van der Waals surface area contributed by atoms with E-state index in [0.717, 1.165) is 37.7 Å². The maximum absolute atomic E-state index is 14.0. The third-order valence-corrected chi connectivity index (χ3v) is 15.1. The summed E-state index contributed by atoms with van der Waals surface area (Å²) in [5.74, 6) is -1.80. The summed E-state index contributed by atoms with van der Waals surface area (Å²) in [4.78, 5) is 39.4. The number of aliphatic hydroxyl groups excluding tert-OH is 7. The van der Waals surface area contributed by atoms with Gasteiger partial charge in [0.25, 0.3) is 0 Å². The van der Waals surface area contributed by atoms with E-state index < -0.39 is 85.5 Å². The number of carbonyl (C=O) groups excluding carboxylic acids is 2. The molecule has 4 aliphatic carbocycles. The summed E-state index contributed by atoms with van der Waals surface area (Å²) in [5, 5.41) is 83.8. The third-order valence-electron chi connectivity index (χ3n) is 15.1. The van der Waals surface area contributed by atoms with Crippen LogP contribution in [0.1, 0.15) is 99.3 Å². The largest absolute Gasteiger partial charge is 0.504 e. The van der Waals surface area contributed by atoms with Crippen LogP contribution in [0.3, 0.4) is 0 Å². The lowest BCUT2D eigenvalue weighted by Crippen LogP contribution is -2.65. The molecule has 0 aromatic rings. The van der Waals surface area contributed by atoms with E-state index in [1.165, 1.54) is 0 Å². The van der Waals surface area contributed by atoms with Gasteiger partial charge in [0.2, 0.25) is 5.78 Å². The summed E-state index contributed by atoms with van der Waals surface area (Å²) in [6, 6.07) is 0. The standard InChI is InChI=1S/C41H64O15/c1-7-21(17(2)3)24(43)14-18(4)26-29(45)30(46)27-22-9-8-19-15-20(10-12-40(19,5)23(22)11-13-41(26,27)6)53-39-36(33(49)32(48)35(55-39)37(51)52)56-38-34(50)31(47)28(44)25(16-42)54-38/h17-23,25,27-28,31-36,38-39,42,44-45,47-50H,7-16H2,1-6H3,(H,51,52)/t18-,19+,20+,21-,22-,23+,25-,27+,28-,31+,32+,33+,34-,35+,36-,38-,39-,40+,41-/m1/s1. The highest BCUT2D eigenvalue weighted by atomic mass is 16.8. The van der Waals surface area contributed by atoms with Gasteiger partial charge in [-0.25, -0.2) is 4.79 Å². The molecule has 0 bridgehead atoms. The summed E-state index contributed by atoms with van der Waals surface area (Å²) in [5.41, 5.74) is 0.0302. The van der Waals surface area contributed by atoms with Gasteiger partial charge in [-0.3, -0.25) is 9.59 Å². The highest BCUT2D eigenvalue weighted by molar-refractivity contribution is 6.00. The predicted octanol–water partition coefficient (Wildman–Crippen LogP) is 2.01. The molecule has 0 aromatic carbocycles. The quantitative estimate of drug-likeness (QED) is 0.132. The Balaban J connectivity index is 1.16. The highest BCUT2D eigenvalue weighted by Gasteiger charge is 2.64. The van der Waals surface area contributed by atoms with Crippen LogP contribution in [0.5, 0.6) is 0 Å². The number of fused-ring (bicyclic) bond motifs is 5. The number of ketones is 2. The van der Waals surface area contributed by atoms with Crippen molar-refractivity contribution in [3.63, 3.8) is 0 Å². The number of aliphatic hydroxyl groups is 7. The number of carboxylic acid groups (broad SMARTS) is 1. The number of aliphatic carboxylic acids is 1. The van der Waals surface area contributed by atoms with Crippen molar-refractivity contribution >= 4 is 17.5 Å². The number of hydrogen-bond donors (Lipinski definition) is 8. The highest BCUT2D eigenvalue weighted by Crippen LogP contribution is 2.67. The van der Waals surface area contributed by atoms with E-state index in [-0.39, 0.29) is 64.2 Å². The monoisotopic (exact) mass is 796 g/mol. The maximum Gasteiger partial charge on any atom is 0.335 e. The van der Waals surface area contributed by atoms with Crippen LogP contribution in [0.4, 0.5) is 0 Å². The van der Waals surface area contributed by atoms with E-state index in [9.17, 15) is 55.2 Å². The van der Waals surface area contributed by atoms with Gasteiger partial charge in [0, 0.05) is 23.7 Å². The lowest BCUT2D eigenvalue weighted by Gasteiger charge is -2.60. The third kappa shape index (κ3) is 7.41. The topological polar surface area (TPSA) is 250 Å². The van der Waals surface area contributed by atoms with Crippen molar-refractivity contribution in [1.29, 1.82) is 0 Å². The van der Waals surface area contributed by atoms with Gasteiger partial charge in [0.1, 0.15) is 48.5 Å². The lowest BCUT2D eigenvalue weighted by molar-refractivity contribution is -0.369. The van der Waals surface area contributed by atoms with E-state index in [0.29, 0.717) is 25.7 Å². The molecule has 5 fully saturated rings. The zero-order valence-corrected chi connectivity index (χ0v) is 33.4. The van der Waals surface area contributed by atoms with Gasteiger partial charge >= 0.3 is 5.97 Å². The van der Waals surface area contributed by atoms with Gasteiger partial charge in [0.05, 0.1) is 12.7 Å². The number of ether oxygens (including phenoxy) is 4. The second-order valence-electron chi connectivity index (χ2n) is 18.5. The Morgan fingerprint density at radius 2 is 1.57 bits per heavy atom. The minimum atomic E-state index is -1.95. The number of rotatable bonds is 12. The molecule has 0 radical (unpaired) electrons. The molecule has 8 N–H and O–H groups in total. The first-order valence-electron chi connectivity index (χ1n) is 20.7. The van der Waals surface area contributed by atoms with E-state index >= 15 is 0 Å². The van der Waals surface area contributed by atoms with Crippen molar-refractivity contribution in [2.45, 2.75) is 167 Å². The van der Waals surface area contributed by atoms with Crippen LogP contribution < -0.4 is 0 Å². The lowest BCUT2D eigenvalue weighted by atomic mass is 9.44. The molecule has 2 aliphatic heterocycles. The number of allylic oxidation sites excluding steroid dienone is 2. The van der Waals surface area contributed by atoms with Crippen molar-refractivity contribution in [2.24, 2.45) is 52.3 Å². The maximum atomic E-state index is 14.0. The summed E-state index contributed by atoms with van der Waals surface area (Å²) >= 11 is 0. The zero-order chi connectivity index (χ0) is 41.2. The first kappa shape index (κ1) is 43.5. The van der Waals surface area contributed by atoms with E-state index in [2.05, 4.69) is 27.7 Å². The first-order valence-corrected chi connectivity index (χ1v) is 20.7. The van der Waals surface area contributed by atoms with E-state index in [4.69, 9.17) is 18.9 Å². The van der Waals surface area contributed by atoms with E-state index in [1.807, 2.05) is 13.8 Å². The first-order chi connectivity index (χ1) is 26.3. The van der Waals surface area contributed by atoms with Crippen LogP contribution in [-0.2, 0) is 33.3 Å². The van der Waals surface area contributed by atoms with Gasteiger partial charge in [0.15, 0.2) is 24.4 Å². The second kappa shape index (κ2) is 16.5. The molecule has 2 heterocycles. The van der Waals surface area contributed by atoms with Crippen molar-refractivity contribution in [2.75, 3.05) is 6.61 Å². The summed E-state index contributed by atoms with van der Waals surface area (Å²) in [7, 11) is 0. The average molecular weight is 797 g/mol. The molecular formula is C41H64O15. The van der Waals surface area contributed by atoms with Crippen LogP contribution in [0.25, 0.3) is 0 Å². The second-order valence-corrected chi connectivity index (χ2v) is 18.5. The fourth-order valence-electron chi connectivity index (χ4n) is 12.1. The van der Waals surface area contributed by atoms with Crippen molar-refractivity contribution < 1.29 is 74.2 Å². The van der Waals surface area contributed by atoms with Crippen LogP contribution in [0, 0.1) is 52.3 Å². The molecule has 0 unspecified atom stereocenters. The van der Waals surface area contributed by atoms with Gasteiger partial charge in [-0.1, -0.05) is 41.5 Å². The summed E-state index contributed by atoms with van der Waals surface area (Å²) < 4.78 is 23.4. The Morgan fingerprint density at radius 3 is 2.20 bits per heavy atom. The van der Waals surface area contributed by atoms with Crippen molar-refractivity contribution in [3.8, 4) is 0 Å². The molecule has 0 aromatic heterocycles.